The molecule has 0 aliphatic carbocycles. The first-order valence-corrected chi connectivity index (χ1v) is 20.1. The van der Waals surface area contributed by atoms with Gasteiger partial charge in [-0.3, -0.25) is 0 Å². The first-order valence-electron chi connectivity index (χ1n) is 23.8. The Balaban J connectivity index is 0.000000388. The fourth-order valence-electron chi connectivity index (χ4n) is 6.50. The van der Waals surface area contributed by atoms with Crippen molar-refractivity contribution in [2.45, 2.75) is 93.2 Å². The molecule has 307 valence electrons. The number of fused-ring (bicyclic) bond motifs is 3. The van der Waals surface area contributed by atoms with Crippen molar-refractivity contribution in [1.29, 1.82) is 5.26 Å². The molecule has 6 nitrogen and oxygen atoms in total. The van der Waals surface area contributed by atoms with Gasteiger partial charge in [0.1, 0.15) is 16.7 Å². The van der Waals surface area contributed by atoms with E-state index < -0.39 is 25.5 Å². The minimum absolute atomic E-state index is 0. The van der Waals surface area contributed by atoms with Crippen molar-refractivity contribution in [1.82, 2.24) is 20.2 Å². The third-order valence-corrected chi connectivity index (χ3v) is 10.9. The zero-order valence-corrected chi connectivity index (χ0v) is 38.3. The molecule has 0 unspecified atom stereocenters. The topological polar surface area (TPSA) is 88.5 Å². The fourth-order valence-corrected chi connectivity index (χ4v) is 7.46. The molecular formula is C52H51IrN5OS-2. The van der Waals surface area contributed by atoms with Crippen LogP contribution in [0.3, 0.4) is 0 Å². The number of aromatic nitrogens is 4. The Kier molecular flexibility index (Phi) is 9.66. The van der Waals surface area contributed by atoms with Gasteiger partial charge in [0.25, 0.3) is 0 Å². The maximum absolute atomic E-state index is 10.1. The van der Waals surface area contributed by atoms with Gasteiger partial charge in [0.15, 0.2) is 5.01 Å². The largest absolute Gasteiger partial charge is 0.500 e. The second kappa shape index (κ2) is 17.3. The van der Waals surface area contributed by atoms with Gasteiger partial charge in [0.2, 0.25) is 0 Å². The molecule has 0 amide bonds. The van der Waals surface area contributed by atoms with Crippen LogP contribution in [0.15, 0.2) is 102 Å². The van der Waals surface area contributed by atoms with Gasteiger partial charge < -0.3 is 14.4 Å². The molecule has 0 spiro atoms. The summed E-state index contributed by atoms with van der Waals surface area (Å²) >= 11 is 1.37. The third-order valence-electron chi connectivity index (χ3n) is 9.51. The van der Waals surface area contributed by atoms with Crippen LogP contribution in [0.1, 0.15) is 107 Å². The van der Waals surface area contributed by atoms with Gasteiger partial charge in [0.05, 0.1) is 18.1 Å². The Bertz CT molecular complexity index is 3210. The smallest absolute Gasteiger partial charge is 0.152 e. The Morgan fingerprint density at radius 3 is 2.18 bits per heavy atom. The average molecular weight is 995 g/mol. The van der Waals surface area contributed by atoms with E-state index in [2.05, 4.69) is 71.3 Å². The van der Waals surface area contributed by atoms with Crippen LogP contribution in [0.5, 0.6) is 0 Å². The predicted octanol–water partition coefficient (Wildman–Crippen LogP) is 13.9. The average Bonchev–Trinajstić information content (AvgIpc) is 3.91. The number of rotatable bonds is 5. The van der Waals surface area contributed by atoms with Crippen molar-refractivity contribution in [2.75, 3.05) is 0 Å². The molecule has 60 heavy (non-hydrogen) atoms. The Morgan fingerprint density at radius 2 is 1.55 bits per heavy atom. The van der Waals surface area contributed by atoms with Crippen LogP contribution >= 0.6 is 11.3 Å². The van der Waals surface area contributed by atoms with Crippen molar-refractivity contribution in [3.05, 3.63) is 142 Å². The molecular weight excluding hydrogens is 935 g/mol. The van der Waals surface area contributed by atoms with Gasteiger partial charge in [-0.1, -0.05) is 127 Å². The van der Waals surface area contributed by atoms with E-state index in [1.807, 2.05) is 51.2 Å². The summed E-state index contributed by atoms with van der Waals surface area (Å²) in [5.74, 6) is 0. The summed E-state index contributed by atoms with van der Waals surface area (Å²) in [6.07, 6.45) is 1.08. The fraction of sp³-hybridized carbons (Fsp3) is 0.288. The standard InChI is InChI=1S/C37H35N4OS.C15H16N.Ir/c1-21-16-23(18-36(3,4)5)12-14-25(21)29-17-30(39-20-22(29)2)28-11-9-10-26-27-15-13-24(19-38)31(33(27)42-32(26)28)34-40-41-35(43-34)37(6,7)8;1-15(2,3)13-9-10-14(16-11-13)12-7-5-4-6-8-12;/h9-10,12-17,20H,18H2,1-8H3;4-7,9-11H,1-3H3;/q2*-1;/i1D3,2D3,14D,18D2;;. The Hall–Kier alpha value is -5.32. The predicted molar refractivity (Wildman–Crippen MR) is 243 cm³/mol. The minimum Gasteiger partial charge on any atom is -0.500 e. The van der Waals surface area contributed by atoms with E-state index in [1.54, 1.807) is 45.0 Å². The van der Waals surface area contributed by atoms with E-state index in [9.17, 15) is 5.26 Å². The minimum atomic E-state index is -2.83. The first kappa shape index (κ1) is 33.4. The van der Waals surface area contributed by atoms with Crippen LogP contribution in [0.2, 0.25) is 0 Å². The summed E-state index contributed by atoms with van der Waals surface area (Å²) in [6, 6.07) is 31.2. The van der Waals surface area contributed by atoms with Crippen LogP contribution in [-0.2, 0) is 37.3 Å². The van der Waals surface area contributed by atoms with Crippen LogP contribution in [0.4, 0.5) is 0 Å². The van der Waals surface area contributed by atoms with E-state index >= 15 is 0 Å². The van der Waals surface area contributed by atoms with Crippen LogP contribution in [0.25, 0.3) is 66.2 Å². The number of pyridine rings is 2. The number of nitrogens with zero attached hydrogens (tertiary/aromatic N) is 5. The first-order chi connectivity index (χ1) is 31.5. The van der Waals surface area contributed by atoms with E-state index in [0.717, 1.165) is 22.5 Å². The second-order valence-corrected chi connectivity index (χ2v) is 18.4. The number of furan rings is 1. The summed E-state index contributed by atoms with van der Waals surface area (Å²) in [7, 11) is 0. The van der Waals surface area contributed by atoms with Crippen molar-refractivity contribution in [2.24, 2.45) is 5.41 Å². The number of aryl methyl sites for hydroxylation is 2. The van der Waals surface area contributed by atoms with Crippen LogP contribution < -0.4 is 0 Å². The maximum atomic E-state index is 10.1. The number of hydrogen-bond acceptors (Lipinski definition) is 7. The summed E-state index contributed by atoms with van der Waals surface area (Å²) in [5, 5.41) is 21.5. The Morgan fingerprint density at radius 1 is 0.783 bits per heavy atom. The van der Waals surface area contributed by atoms with E-state index in [4.69, 9.17) is 16.8 Å². The molecule has 0 fully saturated rings. The maximum Gasteiger partial charge on any atom is 0.152 e. The van der Waals surface area contributed by atoms with Crippen LogP contribution in [-0.4, -0.2) is 20.2 Å². The number of benzene rings is 4. The summed E-state index contributed by atoms with van der Waals surface area (Å²) < 4.78 is 83.3. The van der Waals surface area contributed by atoms with Gasteiger partial charge in [-0.25, -0.2) is 0 Å². The summed E-state index contributed by atoms with van der Waals surface area (Å²) in [5.41, 5.74) is 3.49. The van der Waals surface area contributed by atoms with Crippen molar-refractivity contribution >= 4 is 33.3 Å². The van der Waals surface area contributed by atoms with Gasteiger partial charge in [-0.15, -0.1) is 64.3 Å². The van der Waals surface area contributed by atoms with Gasteiger partial charge >= 0.3 is 0 Å². The van der Waals surface area contributed by atoms with Crippen LogP contribution in [0, 0.1) is 42.6 Å². The molecule has 0 aliphatic heterocycles. The molecule has 8 heteroatoms. The molecule has 4 aromatic heterocycles. The molecule has 8 aromatic rings. The molecule has 8 rings (SSSR count). The van der Waals surface area contributed by atoms with E-state index in [1.165, 1.54) is 35.1 Å². The molecule has 4 aromatic carbocycles. The van der Waals surface area contributed by atoms with Crippen molar-refractivity contribution < 1.29 is 36.9 Å². The van der Waals surface area contributed by atoms with Crippen molar-refractivity contribution in [3.63, 3.8) is 0 Å². The molecule has 0 aliphatic rings. The second-order valence-electron chi connectivity index (χ2n) is 17.5. The summed E-state index contributed by atoms with van der Waals surface area (Å²) in [6.45, 7) is 12.1. The van der Waals surface area contributed by atoms with Gasteiger partial charge in [0, 0.05) is 54.3 Å². The third kappa shape index (κ3) is 9.50. The zero-order chi connectivity index (χ0) is 49.9. The molecule has 1 radical (unpaired) electrons. The molecule has 0 atom stereocenters. The van der Waals surface area contributed by atoms with Gasteiger partial charge in [-0.05, 0) is 81.7 Å². The SMILES string of the molecule is CC(C)(C)c1ccc(-c2[c-]cccc2)nc1.[2H]c1cc(C([2H])([2H])C(C)(C)C)cc(C([2H])([2H])[2H])c1-c1cc(-c2[c-]ccc3c2oc2c(-c4nnc(C(C)(C)C)s4)c(C#N)ccc23)ncc1C([2H])([2H])[2H].[Ir]. The number of hydrogen-bond donors (Lipinski definition) is 0. The zero-order valence-electron chi connectivity index (χ0n) is 44.0. The molecule has 0 saturated carbocycles. The van der Waals surface area contributed by atoms with Gasteiger partial charge in [-0.2, -0.15) is 5.26 Å². The normalized spacial score (nSPS) is 14.7. The number of nitriles is 1. The summed E-state index contributed by atoms with van der Waals surface area (Å²) in [4.78, 5) is 8.98. The monoisotopic (exact) mass is 995 g/mol. The quantitative estimate of drug-likeness (QED) is 0.160. The molecule has 0 N–H and O–H groups in total. The molecule has 0 saturated heterocycles. The Labute approximate surface area is 385 Å². The van der Waals surface area contributed by atoms with E-state index in [-0.39, 0.29) is 70.5 Å². The van der Waals surface area contributed by atoms with Crippen molar-refractivity contribution in [3.8, 4) is 50.3 Å². The molecule has 4 heterocycles. The van der Waals surface area contributed by atoms with E-state index in [0.29, 0.717) is 43.6 Å². The molecule has 0 bridgehead atoms.